The zero-order valence-corrected chi connectivity index (χ0v) is 7.19. The quantitative estimate of drug-likeness (QED) is 0.562. The summed E-state index contributed by atoms with van der Waals surface area (Å²) in [6.07, 6.45) is 4.11. The highest BCUT2D eigenvalue weighted by atomic mass is 16.5. The van der Waals surface area contributed by atoms with E-state index in [0.717, 1.165) is 0 Å². The summed E-state index contributed by atoms with van der Waals surface area (Å²) in [5.41, 5.74) is 0.365. The van der Waals surface area contributed by atoms with Crippen LogP contribution in [-0.2, 0) is 4.79 Å². The summed E-state index contributed by atoms with van der Waals surface area (Å²) < 4.78 is 9.57. The van der Waals surface area contributed by atoms with Crippen LogP contribution in [0.15, 0.2) is 34.7 Å². The fourth-order valence-electron chi connectivity index (χ4n) is 0.718. The van der Waals surface area contributed by atoms with Crippen LogP contribution >= 0.6 is 0 Å². The van der Waals surface area contributed by atoms with Gasteiger partial charge < -0.3 is 14.3 Å². The lowest BCUT2D eigenvalue weighted by molar-refractivity contribution is -0.130. The van der Waals surface area contributed by atoms with E-state index in [4.69, 9.17) is 14.3 Å². The van der Waals surface area contributed by atoms with Gasteiger partial charge in [-0.15, -0.1) is 0 Å². The topological polar surface area (TPSA) is 59.7 Å². The normalized spacial score (nSPS) is 11.4. The monoisotopic (exact) mass is 182 g/mol. The van der Waals surface area contributed by atoms with Crippen molar-refractivity contribution in [2.45, 2.75) is 6.92 Å². The summed E-state index contributed by atoms with van der Waals surface area (Å²) in [6.45, 7) is 1.39. The molecule has 0 amide bonds. The molecule has 1 heterocycles. The van der Waals surface area contributed by atoms with Crippen molar-refractivity contribution < 1.29 is 19.1 Å². The number of hydrogen-bond donors (Lipinski definition) is 1. The van der Waals surface area contributed by atoms with Crippen LogP contribution in [0.1, 0.15) is 6.92 Å². The largest absolute Gasteiger partial charge is 0.469 e. The lowest BCUT2D eigenvalue weighted by Crippen LogP contribution is -2.08. The molecule has 70 valence electrons. The molecule has 0 saturated carbocycles. The lowest BCUT2D eigenvalue weighted by Gasteiger charge is -1.99. The summed E-state index contributed by atoms with van der Waals surface area (Å²) in [6, 6.07) is 1.53. The predicted molar refractivity (Wildman–Crippen MR) is 45.2 cm³/mol. The van der Waals surface area contributed by atoms with Gasteiger partial charge in [0.15, 0.2) is 5.75 Å². The molecule has 0 atom stereocenters. The second kappa shape index (κ2) is 4.47. The molecule has 1 N–H and O–H groups in total. The number of esters is 1. The molecule has 1 rings (SSSR count). The Morgan fingerprint density at radius 3 is 3.08 bits per heavy atom. The van der Waals surface area contributed by atoms with Crippen LogP contribution in [0.2, 0.25) is 0 Å². The summed E-state index contributed by atoms with van der Waals surface area (Å²) in [5.74, 6) is -0.133. The minimum Gasteiger partial charge on any atom is -0.469 e. The average molecular weight is 182 g/mol. The van der Waals surface area contributed by atoms with Crippen molar-refractivity contribution in [3.8, 4) is 5.75 Å². The van der Waals surface area contributed by atoms with Gasteiger partial charge in [-0.25, -0.2) is 4.79 Å². The summed E-state index contributed by atoms with van der Waals surface area (Å²) in [4.78, 5) is 11.2. The zero-order chi connectivity index (χ0) is 9.68. The van der Waals surface area contributed by atoms with Gasteiger partial charge in [0.2, 0.25) is 0 Å². The van der Waals surface area contributed by atoms with Gasteiger partial charge in [-0.05, 0) is 13.0 Å². The number of hydrogen-bond acceptors (Lipinski definition) is 4. The molecule has 0 bridgehead atoms. The standard InChI is InChI=1S/C9H10O4/c1-7(2-4-10)9(11)13-8-3-5-12-6-8/h2-3,5-6,10H,4H2,1H3/b7-2+. The Balaban J connectivity index is 2.56. The van der Waals surface area contributed by atoms with Gasteiger partial charge in [0.25, 0.3) is 0 Å². The van der Waals surface area contributed by atoms with E-state index in [1.54, 1.807) is 6.92 Å². The number of ether oxygens (including phenoxy) is 1. The van der Waals surface area contributed by atoms with E-state index in [1.165, 1.54) is 24.7 Å². The van der Waals surface area contributed by atoms with Crippen molar-refractivity contribution in [3.05, 3.63) is 30.2 Å². The van der Waals surface area contributed by atoms with Gasteiger partial charge in [-0.1, -0.05) is 0 Å². The molecule has 0 aliphatic carbocycles. The first-order valence-electron chi connectivity index (χ1n) is 3.76. The van der Waals surface area contributed by atoms with E-state index in [2.05, 4.69) is 0 Å². The number of aliphatic hydroxyl groups is 1. The van der Waals surface area contributed by atoms with Crippen molar-refractivity contribution in [2.24, 2.45) is 0 Å². The Labute approximate surface area is 75.4 Å². The molecule has 0 spiro atoms. The molecular weight excluding hydrogens is 172 g/mol. The summed E-state index contributed by atoms with van der Waals surface area (Å²) >= 11 is 0. The Hall–Kier alpha value is -1.55. The third kappa shape index (κ3) is 2.76. The zero-order valence-electron chi connectivity index (χ0n) is 7.19. The van der Waals surface area contributed by atoms with E-state index in [-0.39, 0.29) is 6.61 Å². The van der Waals surface area contributed by atoms with Gasteiger partial charge >= 0.3 is 5.97 Å². The fourth-order valence-corrected chi connectivity index (χ4v) is 0.718. The predicted octanol–water partition coefficient (Wildman–Crippen LogP) is 1.12. The SMILES string of the molecule is C/C(=C\CO)C(=O)Oc1ccoc1. The highest BCUT2D eigenvalue weighted by Gasteiger charge is 2.06. The maximum atomic E-state index is 11.2. The van der Waals surface area contributed by atoms with Crippen molar-refractivity contribution in [2.75, 3.05) is 6.61 Å². The summed E-state index contributed by atoms with van der Waals surface area (Å²) in [5, 5.41) is 8.51. The second-order valence-corrected chi connectivity index (χ2v) is 2.42. The van der Waals surface area contributed by atoms with Crippen molar-refractivity contribution >= 4 is 5.97 Å². The maximum Gasteiger partial charge on any atom is 0.338 e. The third-order valence-corrected chi connectivity index (χ3v) is 1.43. The maximum absolute atomic E-state index is 11.2. The summed E-state index contributed by atoms with van der Waals surface area (Å²) in [7, 11) is 0. The molecule has 13 heavy (non-hydrogen) atoms. The highest BCUT2D eigenvalue weighted by Crippen LogP contribution is 2.11. The molecule has 1 aromatic heterocycles. The molecule has 1 aromatic rings. The molecule has 0 unspecified atom stereocenters. The molecule has 0 aliphatic rings. The Kier molecular flexibility index (Phi) is 3.28. The van der Waals surface area contributed by atoms with Crippen LogP contribution in [0, 0.1) is 0 Å². The van der Waals surface area contributed by atoms with Gasteiger partial charge in [0.05, 0.1) is 12.9 Å². The first kappa shape index (κ1) is 9.54. The van der Waals surface area contributed by atoms with E-state index in [0.29, 0.717) is 11.3 Å². The third-order valence-electron chi connectivity index (χ3n) is 1.43. The first-order valence-corrected chi connectivity index (χ1v) is 3.76. The average Bonchev–Trinajstić information content (AvgIpc) is 2.57. The minimum absolute atomic E-state index is 0.174. The van der Waals surface area contributed by atoms with E-state index >= 15 is 0 Å². The van der Waals surface area contributed by atoms with Gasteiger partial charge in [0, 0.05) is 11.6 Å². The van der Waals surface area contributed by atoms with Crippen molar-refractivity contribution in [3.63, 3.8) is 0 Å². The van der Waals surface area contributed by atoms with Gasteiger partial charge in [-0.3, -0.25) is 0 Å². The van der Waals surface area contributed by atoms with Crippen molar-refractivity contribution in [1.82, 2.24) is 0 Å². The van der Waals surface area contributed by atoms with Gasteiger partial charge in [-0.2, -0.15) is 0 Å². The molecule has 4 heteroatoms. The molecule has 0 radical (unpaired) electrons. The van der Waals surface area contributed by atoms with E-state index in [1.807, 2.05) is 0 Å². The van der Waals surface area contributed by atoms with Crippen LogP contribution in [0.25, 0.3) is 0 Å². The van der Waals surface area contributed by atoms with Crippen molar-refractivity contribution in [1.29, 1.82) is 0 Å². The molecule has 0 aromatic carbocycles. The highest BCUT2D eigenvalue weighted by molar-refractivity contribution is 5.89. The van der Waals surface area contributed by atoms with Crippen LogP contribution in [0.5, 0.6) is 5.75 Å². The van der Waals surface area contributed by atoms with Crippen LogP contribution in [-0.4, -0.2) is 17.7 Å². The second-order valence-electron chi connectivity index (χ2n) is 2.42. The number of carbonyl (C=O) groups excluding carboxylic acids is 1. The minimum atomic E-state index is -0.490. The van der Waals surface area contributed by atoms with Crippen LogP contribution < -0.4 is 4.74 Å². The Morgan fingerprint density at radius 1 is 1.77 bits per heavy atom. The molecular formula is C9H10O4. The smallest absolute Gasteiger partial charge is 0.338 e. The Morgan fingerprint density at radius 2 is 2.54 bits per heavy atom. The van der Waals surface area contributed by atoms with E-state index < -0.39 is 5.97 Å². The van der Waals surface area contributed by atoms with E-state index in [9.17, 15) is 4.79 Å². The number of aliphatic hydroxyl groups excluding tert-OH is 1. The van der Waals surface area contributed by atoms with Crippen LogP contribution in [0.4, 0.5) is 0 Å². The lowest BCUT2D eigenvalue weighted by atomic mass is 10.3. The number of carbonyl (C=O) groups is 1. The Bertz CT molecular complexity index is 297. The first-order chi connectivity index (χ1) is 6.24. The van der Waals surface area contributed by atoms with Gasteiger partial charge in [0.1, 0.15) is 6.26 Å². The van der Waals surface area contributed by atoms with Crippen LogP contribution in [0.3, 0.4) is 0 Å². The number of rotatable bonds is 3. The molecule has 4 nitrogen and oxygen atoms in total. The fraction of sp³-hybridized carbons (Fsp3) is 0.222. The molecule has 0 fully saturated rings. The molecule has 0 aliphatic heterocycles. The number of furan rings is 1. The molecule has 0 saturated heterocycles.